The fourth-order valence-corrected chi connectivity index (χ4v) is 2.69. The van der Waals surface area contributed by atoms with Crippen molar-refractivity contribution < 1.29 is 14.3 Å². The van der Waals surface area contributed by atoms with Crippen LogP contribution in [0.4, 0.5) is 4.39 Å². The third kappa shape index (κ3) is 2.78. The molecule has 1 heterocycles. The van der Waals surface area contributed by atoms with E-state index in [1.54, 1.807) is 6.07 Å². The van der Waals surface area contributed by atoms with Crippen LogP contribution in [0.15, 0.2) is 34.0 Å². The second kappa shape index (κ2) is 5.44. The van der Waals surface area contributed by atoms with E-state index >= 15 is 0 Å². The van der Waals surface area contributed by atoms with Crippen LogP contribution in [-0.4, -0.2) is 21.4 Å². The van der Waals surface area contributed by atoms with E-state index in [-0.39, 0.29) is 11.3 Å². The van der Waals surface area contributed by atoms with Crippen LogP contribution >= 0.6 is 11.8 Å². The van der Waals surface area contributed by atoms with Gasteiger partial charge in [-0.15, -0.1) is 11.8 Å². The van der Waals surface area contributed by atoms with Crippen molar-refractivity contribution in [2.45, 2.75) is 18.4 Å². The van der Waals surface area contributed by atoms with Gasteiger partial charge in [-0.2, -0.15) is 0 Å². The fourth-order valence-electron chi connectivity index (χ4n) is 1.91. The Morgan fingerprint density at radius 2 is 2.16 bits per heavy atom. The highest BCUT2D eigenvalue weighted by Crippen LogP contribution is 2.27. The highest BCUT2D eigenvalue weighted by molar-refractivity contribution is 8.00. The second-order valence-corrected chi connectivity index (χ2v) is 4.95. The normalized spacial score (nSPS) is 10.8. The molecule has 1 aromatic carbocycles. The Hall–Kier alpha value is -1.82. The molecule has 0 radical (unpaired) electrons. The van der Waals surface area contributed by atoms with Crippen LogP contribution in [0.2, 0.25) is 0 Å². The van der Waals surface area contributed by atoms with Gasteiger partial charge >= 0.3 is 5.97 Å². The van der Waals surface area contributed by atoms with Crippen LogP contribution in [0.5, 0.6) is 0 Å². The average Bonchev–Trinajstić information content (AvgIpc) is 2.36. The Morgan fingerprint density at radius 1 is 1.42 bits per heavy atom. The minimum absolute atomic E-state index is 0.165. The number of hydrogen-bond acceptors (Lipinski definition) is 3. The van der Waals surface area contributed by atoms with Crippen LogP contribution in [-0.2, 0) is 11.3 Å². The van der Waals surface area contributed by atoms with Crippen molar-refractivity contribution >= 4 is 28.6 Å². The zero-order chi connectivity index (χ0) is 14.0. The molecule has 0 aliphatic heterocycles. The van der Waals surface area contributed by atoms with Crippen molar-refractivity contribution in [2.24, 2.45) is 0 Å². The van der Waals surface area contributed by atoms with Gasteiger partial charge in [0.1, 0.15) is 5.82 Å². The first-order valence-electron chi connectivity index (χ1n) is 5.70. The number of pyridine rings is 1. The number of aromatic nitrogens is 1. The molecule has 4 nitrogen and oxygen atoms in total. The van der Waals surface area contributed by atoms with Gasteiger partial charge in [0.25, 0.3) is 5.56 Å². The largest absolute Gasteiger partial charge is 0.481 e. The van der Waals surface area contributed by atoms with E-state index in [1.807, 2.05) is 6.92 Å². The Labute approximate surface area is 112 Å². The first-order chi connectivity index (χ1) is 9.02. The van der Waals surface area contributed by atoms with Gasteiger partial charge in [0.05, 0.1) is 11.3 Å². The summed E-state index contributed by atoms with van der Waals surface area (Å²) in [4.78, 5) is 23.0. The summed E-state index contributed by atoms with van der Waals surface area (Å²) < 4.78 is 14.9. The van der Waals surface area contributed by atoms with E-state index < -0.39 is 11.8 Å². The zero-order valence-corrected chi connectivity index (χ0v) is 11.0. The minimum atomic E-state index is -0.978. The van der Waals surface area contributed by atoms with Crippen molar-refractivity contribution in [2.75, 3.05) is 5.75 Å². The molecule has 0 aliphatic carbocycles. The lowest BCUT2D eigenvalue weighted by Crippen LogP contribution is -2.19. The van der Waals surface area contributed by atoms with Gasteiger partial charge < -0.3 is 9.67 Å². The standard InChI is InChI=1S/C13H12FNO3S/c1-2-15-10-4-3-8(14)5-9(10)11(6-12(15)16)19-7-13(17)18/h3-6H,2,7H2,1H3,(H,17,18). The van der Waals surface area contributed by atoms with E-state index in [2.05, 4.69) is 0 Å². The Kier molecular flexibility index (Phi) is 3.90. The number of halogens is 1. The number of carboxylic acids is 1. The first-order valence-corrected chi connectivity index (χ1v) is 6.69. The maximum atomic E-state index is 13.3. The number of benzene rings is 1. The molecule has 0 aliphatic rings. The quantitative estimate of drug-likeness (QED) is 0.874. The van der Waals surface area contributed by atoms with Crippen LogP contribution in [0, 0.1) is 5.82 Å². The molecule has 0 amide bonds. The Morgan fingerprint density at radius 3 is 2.79 bits per heavy atom. The fraction of sp³-hybridized carbons (Fsp3) is 0.231. The minimum Gasteiger partial charge on any atom is -0.481 e. The monoisotopic (exact) mass is 281 g/mol. The van der Waals surface area contributed by atoms with Gasteiger partial charge in [-0.25, -0.2) is 4.39 Å². The molecular weight excluding hydrogens is 269 g/mol. The lowest BCUT2D eigenvalue weighted by atomic mass is 10.2. The van der Waals surface area contributed by atoms with Crippen molar-refractivity contribution in [1.29, 1.82) is 0 Å². The smallest absolute Gasteiger partial charge is 0.313 e. The lowest BCUT2D eigenvalue weighted by Gasteiger charge is -2.11. The van der Waals surface area contributed by atoms with Crippen molar-refractivity contribution in [3.8, 4) is 0 Å². The van der Waals surface area contributed by atoms with Gasteiger partial charge in [-0.1, -0.05) is 0 Å². The molecule has 1 N–H and O–H groups in total. The number of carboxylic acid groups (broad SMARTS) is 1. The van der Waals surface area contributed by atoms with Crippen molar-refractivity contribution in [3.63, 3.8) is 0 Å². The third-order valence-electron chi connectivity index (χ3n) is 2.70. The van der Waals surface area contributed by atoms with Crippen LogP contribution < -0.4 is 5.56 Å². The average molecular weight is 281 g/mol. The molecule has 0 saturated heterocycles. The molecule has 100 valence electrons. The maximum Gasteiger partial charge on any atom is 0.313 e. The van der Waals surface area contributed by atoms with Gasteiger partial charge in [0.15, 0.2) is 0 Å². The van der Waals surface area contributed by atoms with Gasteiger partial charge in [-0.05, 0) is 25.1 Å². The molecule has 19 heavy (non-hydrogen) atoms. The molecule has 0 unspecified atom stereocenters. The number of fused-ring (bicyclic) bond motifs is 1. The van der Waals surface area contributed by atoms with E-state index in [0.717, 1.165) is 11.8 Å². The summed E-state index contributed by atoms with van der Waals surface area (Å²) >= 11 is 1.02. The summed E-state index contributed by atoms with van der Waals surface area (Å²) in [7, 11) is 0. The maximum absolute atomic E-state index is 13.3. The van der Waals surface area contributed by atoms with E-state index in [4.69, 9.17) is 5.11 Å². The molecule has 2 rings (SSSR count). The molecule has 1 aromatic heterocycles. The summed E-state index contributed by atoms with van der Waals surface area (Å²) in [5.41, 5.74) is 0.402. The SMILES string of the molecule is CCn1c(=O)cc(SCC(=O)O)c2cc(F)ccc21. The molecule has 0 atom stereocenters. The number of carbonyl (C=O) groups is 1. The van der Waals surface area contributed by atoms with Gasteiger partial charge in [-0.3, -0.25) is 9.59 Å². The first kappa shape index (κ1) is 13.6. The van der Waals surface area contributed by atoms with Crippen LogP contribution in [0.25, 0.3) is 10.9 Å². The molecule has 2 aromatic rings. The van der Waals surface area contributed by atoms with E-state index in [9.17, 15) is 14.0 Å². The predicted molar refractivity (Wildman–Crippen MR) is 72.2 cm³/mol. The number of aliphatic carboxylic acids is 1. The third-order valence-corrected chi connectivity index (χ3v) is 3.74. The molecule has 0 spiro atoms. The molecule has 0 bridgehead atoms. The van der Waals surface area contributed by atoms with Gasteiger partial charge in [0.2, 0.25) is 0 Å². The molecular formula is C13H12FNO3S. The van der Waals surface area contributed by atoms with E-state index in [1.165, 1.54) is 22.8 Å². The number of aryl methyl sites for hydroxylation is 1. The summed E-state index contributed by atoms with van der Waals surface area (Å²) in [6.07, 6.45) is 0. The van der Waals surface area contributed by atoms with E-state index in [0.29, 0.717) is 22.3 Å². The molecule has 0 saturated carbocycles. The van der Waals surface area contributed by atoms with Crippen LogP contribution in [0.3, 0.4) is 0 Å². The summed E-state index contributed by atoms with van der Waals surface area (Å²) in [5, 5.41) is 9.26. The Balaban J connectivity index is 2.66. The number of thioether (sulfide) groups is 1. The summed E-state index contributed by atoms with van der Waals surface area (Å²) in [5.74, 6) is -1.55. The number of hydrogen-bond donors (Lipinski definition) is 1. The summed E-state index contributed by atoms with van der Waals surface area (Å²) in [6.45, 7) is 2.30. The lowest BCUT2D eigenvalue weighted by molar-refractivity contribution is -0.133. The van der Waals surface area contributed by atoms with Crippen molar-refractivity contribution in [1.82, 2.24) is 4.57 Å². The zero-order valence-electron chi connectivity index (χ0n) is 10.2. The number of nitrogens with zero attached hydrogens (tertiary/aromatic N) is 1. The Bertz CT molecular complexity index is 696. The summed E-state index contributed by atoms with van der Waals surface area (Å²) in [6, 6.07) is 5.52. The number of rotatable bonds is 4. The van der Waals surface area contributed by atoms with Gasteiger partial charge in [0, 0.05) is 22.9 Å². The topological polar surface area (TPSA) is 59.3 Å². The predicted octanol–water partition coefficient (Wildman–Crippen LogP) is 2.34. The van der Waals surface area contributed by atoms with Crippen LogP contribution in [0.1, 0.15) is 6.92 Å². The highest BCUT2D eigenvalue weighted by Gasteiger charge is 2.10. The second-order valence-electron chi connectivity index (χ2n) is 3.93. The molecule has 6 heteroatoms. The highest BCUT2D eigenvalue weighted by atomic mass is 32.2. The molecule has 0 fully saturated rings. The van der Waals surface area contributed by atoms with Crippen molar-refractivity contribution in [3.05, 3.63) is 40.4 Å².